The van der Waals surface area contributed by atoms with E-state index in [0.717, 1.165) is 56.9 Å². The van der Waals surface area contributed by atoms with Crippen molar-refractivity contribution in [2.24, 2.45) is 5.92 Å². The Balaban J connectivity index is 0.00000468. The lowest BCUT2D eigenvalue weighted by Gasteiger charge is -2.52. The molecular weight excluding hydrogens is 648 g/mol. The molecule has 3 N–H and O–H groups in total. The largest absolute Gasteiger partial charge is 0.457 e. The van der Waals surface area contributed by atoms with Crippen LogP contribution in [0.5, 0.6) is 11.5 Å². The summed E-state index contributed by atoms with van der Waals surface area (Å²) in [5.41, 5.74) is 2.54. The molecule has 12 heteroatoms. The molecule has 49 heavy (non-hydrogen) atoms. The van der Waals surface area contributed by atoms with Crippen molar-refractivity contribution in [2.45, 2.75) is 101 Å². The van der Waals surface area contributed by atoms with Gasteiger partial charge in [-0.3, -0.25) is 14.4 Å². The molecule has 1 spiro atoms. The highest BCUT2D eigenvalue weighted by Crippen LogP contribution is 2.37. The molecular formula is C37H49ClN4O7. The standard InChI is InChI=1S/C37H48N4O7.ClH/c1-2-3-20-41-35(45)32(33(43)26-8-6-4-5-7-9-26)38-36(46)37(41)18-21-40(22-19-37)24-28-23-31(42)48-39-34(44)27-12-16-30(17-13-27)47-29-14-10-25(28)11-15-29;/h10-17,26,28,32-33,43H,2-9,18-24H2,1H3,(H,38,46)(H,39,44);1H/t28-,32+,33+;/m0./s1. The molecule has 5 aliphatic heterocycles. The Morgan fingerprint density at radius 3 is 2.18 bits per heavy atom. The number of aliphatic hydroxyl groups is 1. The van der Waals surface area contributed by atoms with Crippen LogP contribution in [-0.2, 0) is 19.2 Å². The quantitative estimate of drug-likeness (QED) is 0.349. The Kier molecular flexibility index (Phi) is 12.2. The maximum atomic E-state index is 14.1. The van der Waals surface area contributed by atoms with Crippen LogP contribution in [0, 0.1) is 5.92 Å². The van der Waals surface area contributed by atoms with Crippen LogP contribution >= 0.6 is 12.4 Å². The molecule has 6 aliphatic rings. The number of hydroxylamine groups is 1. The Bertz CT molecular complexity index is 1450. The minimum absolute atomic E-state index is 0. The number of likely N-dealkylation sites (tertiary alicyclic amines) is 1. The second-order valence-electron chi connectivity index (χ2n) is 13.9. The number of carbonyl (C=O) groups is 4. The normalized spacial score (nSPS) is 24.1. The lowest BCUT2D eigenvalue weighted by Crippen LogP contribution is -2.75. The van der Waals surface area contributed by atoms with Gasteiger partial charge in [-0.05, 0) is 80.0 Å². The number of hydrogen-bond acceptors (Lipinski definition) is 8. The Hall–Kier alpha value is -3.67. The first-order valence-corrected chi connectivity index (χ1v) is 17.7. The summed E-state index contributed by atoms with van der Waals surface area (Å²) < 4.78 is 5.96. The molecule has 8 rings (SSSR count). The van der Waals surface area contributed by atoms with Gasteiger partial charge in [0.25, 0.3) is 5.91 Å². The minimum Gasteiger partial charge on any atom is -0.457 e. The third-order valence-corrected chi connectivity index (χ3v) is 10.8. The summed E-state index contributed by atoms with van der Waals surface area (Å²) in [6, 6.07) is 13.2. The third-order valence-electron chi connectivity index (χ3n) is 10.8. The fraction of sp³-hybridized carbons (Fsp3) is 0.568. The zero-order valence-corrected chi connectivity index (χ0v) is 29.1. The summed E-state index contributed by atoms with van der Waals surface area (Å²) in [5.74, 6) is -0.466. The Labute approximate surface area is 294 Å². The monoisotopic (exact) mass is 696 g/mol. The molecule has 0 unspecified atom stereocenters. The van der Waals surface area contributed by atoms with Gasteiger partial charge in [-0.25, -0.2) is 4.79 Å². The molecule has 1 saturated carbocycles. The molecule has 3 atom stereocenters. The number of halogens is 1. The summed E-state index contributed by atoms with van der Waals surface area (Å²) in [6.45, 7) is 4.17. The van der Waals surface area contributed by atoms with E-state index in [2.05, 4.69) is 22.6 Å². The number of amides is 3. The predicted molar refractivity (Wildman–Crippen MR) is 185 cm³/mol. The van der Waals surface area contributed by atoms with E-state index >= 15 is 0 Å². The molecule has 4 bridgehead atoms. The van der Waals surface area contributed by atoms with E-state index in [1.54, 1.807) is 29.2 Å². The van der Waals surface area contributed by atoms with Gasteiger partial charge >= 0.3 is 5.97 Å². The highest BCUT2D eigenvalue weighted by atomic mass is 35.5. The number of rotatable bonds is 7. The summed E-state index contributed by atoms with van der Waals surface area (Å²) in [6.07, 6.45) is 7.83. The van der Waals surface area contributed by atoms with Gasteiger partial charge in [0.05, 0.1) is 12.5 Å². The summed E-state index contributed by atoms with van der Waals surface area (Å²) in [4.78, 5) is 62.8. The molecule has 0 aromatic heterocycles. The number of aliphatic hydroxyl groups excluding tert-OH is 1. The van der Waals surface area contributed by atoms with E-state index in [0.29, 0.717) is 56.1 Å². The van der Waals surface area contributed by atoms with Crippen LogP contribution in [0.15, 0.2) is 48.5 Å². The molecule has 0 radical (unpaired) electrons. The van der Waals surface area contributed by atoms with Crippen LogP contribution in [0.25, 0.3) is 0 Å². The third kappa shape index (κ3) is 8.22. The first-order chi connectivity index (χ1) is 23.3. The Morgan fingerprint density at radius 2 is 1.55 bits per heavy atom. The van der Waals surface area contributed by atoms with E-state index < -0.39 is 29.6 Å². The van der Waals surface area contributed by atoms with Crippen molar-refractivity contribution in [3.05, 3.63) is 59.7 Å². The topological polar surface area (TPSA) is 138 Å². The molecule has 3 amide bonds. The van der Waals surface area contributed by atoms with Gasteiger partial charge in [-0.1, -0.05) is 51.2 Å². The lowest BCUT2D eigenvalue weighted by molar-refractivity contribution is -0.165. The molecule has 2 aromatic carbocycles. The van der Waals surface area contributed by atoms with Crippen molar-refractivity contribution >= 4 is 36.1 Å². The van der Waals surface area contributed by atoms with E-state index in [4.69, 9.17) is 9.57 Å². The van der Waals surface area contributed by atoms with E-state index in [-0.39, 0.29) is 42.5 Å². The molecule has 266 valence electrons. The first kappa shape index (κ1) is 36.6. The minimum atomic E-state index is -0.969. The SMILES string of the molecule is CCCCN1C(=O)[C@@H]([C@H](O)C2CCCCCC2)NC(=O)C12CCN(C[C@@H]1CC(=O)ONC(=O)c3ccc(cc3)Oc3ccc1cc3)CC2.Cl. The van der Waals surface area contributed by atoms with Gasteiger partial charge in [0.1, 0.15) is 23.1 Å². The molecule has 2 saturated heterocycles. The van der Waals surface area contributed by atoms with Gasteiger partial charge < -0.3 is 29.8 Å². The maximum Gasteiger partial charge on any atom is 0.332 e. The molecule has 1 aliphatic carbocycles. The van der Waals surface area contributed by atoms with Crippen molar-refractivity contribution in [1.29, 1.82) is 0 Å². The zero-order chi connectivity index (χ0) is 33.7. The molecule has 2 aromatic rings. The maximum absolute atomic E-state index is 14.1. The van der Waals surface area contributed by atoms with Crippen LogP contribution in [0.4, 0.5) is 0 Å². The zero-order valence-electron chi connectivity index (χ0n) is 28.2. The highest BCUT2D eigenvalue weighted by molar-refractivity contribution is 6.00. The van der Waals surface area contributed by atoms with Crippen molar-refractivity contribution in [3.63, 3.8) is 0 Å². The fourth-order valence-corrected chi connectivity index (χ4v) is 7.86. The van der Waals surface area contributed by atoms with Crippen molar-refractivity contribution in [1.82, 2.24) is 20.6 Å². The summed E-state index contributed by atoms with van der Waals surface area (Å²) in [5, 5.41) is 14.4. The van der Waals surface area contributed by atoms with Gasteiger partial charge in [-0.2, -0.15) is 5.48 Å². The number of fused-ring (bicyclic) bond motifs is 2. The molecule has 11 nitrogen and oxygen atoms in total. The summed E-state index contributed by atoms with van der Waals surface area (Å²) in [7, 11) is 0. The number of carbonyl (C=O) groups excluding carboxylic acids is 4. The van der Waals surface area contributed by atoms with Gasteiger partial charge in [-0.15, -0.1) is 12.4 Å². The average Bonchev–Trinajstić information content (AvgIpc) is 3.40. The predicted octanol–water partition coefficient (Wildman–Crippen LogP) is 4.87. The summed E-state index contributed by atoms with van der Waals surface area (Å²) >= 11 is 0. The number of benzene rings is 2. The van der Waals surface area contributed by atoms with Crippen molar-refractivity contribution < 1.29 is 33.9 Å². The van der Waals surface area contributed by atoms with E-state index in [1.165, 1.54) is 0 Å². The number of piperazine rings is 1. The number of piperidine rings is 1. The average molecular weight is 697 g/mol. The van der Waals surface area contributed by atoms with Crippen LogP contribution in [-0.4, -0.2) is 82.5 Å². The van der Waals surface area contributed by atoms with Crippen LogP contribution in [0.2, 0.25) is 0 Å². The molecule has 5 heterocycles. The van der Waals surface area contributed by atoms with Gasteiger partial charge in [0.15, 0.2) is 0 Å². The lowest BCUT2D eigenvalue weighted by atomic mass is 9.79. The first-order valence-electron chi connectivity index (χ1n) is 17.7. The number of nitrogens with zero attached hydrogens (tertiary/aromatic N) is 2. The smallest absolute Gasteiger partial charge is 0.332 e. The number of hydrogen-bond donors (Lipinski definition) is 3. The Morgan fingerprint density at radius 1 is 0.918 bits per heavy atom. The number of nitrogens with one attached hydrogen (secondary N) is 2. The second kappa shape index (κ2) is 16.4. The van der Waals surface area contributed by atoms with Crippen molar-refractivity contribution in [2.75, 3.05) is 26.2 Å². The second-order valence-corrected chi connectivity index (χ2v) is 13.9. The van der Waals surface area contributed by atoms with Crippen LogP contribution in [0.3, 0.4) is 0 Å². The highest BCUT2D eigenvalue weighted by Gasteiger charge is 2.55. The van der Waals surface area contributed by atoms with Crippen LogP contribution in [0.1, 0.15) is 99.4 Å². The van der Waals surface area contributed by atoms with Crippen LogP contribution < -0.4 is 15.5 Å². The number of unbranched alkanes of at least 4 members (excludes halogenated alkanes) is 1. The van der Waals surface area contributed by atoms with Gasteiger partial charge in [0.2, 0.25) is 11.8 Å². The van der Waals surface area contributed by atoms with Crippen molar-refractivity contribution in [3.8, 4) is 11.5 Å². The fourth-order valence-electron chi connectivity index (χ4n) is 7.86. The van der Waals surface area contributed by atoms with Gasteiger partial charge in [0, 0.05) is 37.7 Å². The van der Waals surface area contributed by atoms with E-state index in [9.17, 15) is 24.3 Å². The van der Waals surface area contributed by atoms with E-state index in [1.807, 2.05) is 24.3 Å². The number of ether oxygens (including phenoxy) is 1. The molecule has 3 fully saturated rings.